The zero-order valence-electron chi connectivity index (χ0n) is 48.7. The molecule has 12 aromatic rings. The van der Waals surface area contributed by atoms with Gasteiger partial charge in [-0.05, 0) is 106 Å². The van der Waals surface area contributed by atoms with Crippen LogP contribution in [0.15, 0.2) is 230 Å². The van der Waals surface area contributed by atoms with Crippen molar-refractivity contribution >= 4 is 49.9 Å². The number of fused-ring (bicyclic) bond motifs is 7. The van der Waals surface area contributed by atoms with Gasteiger partial charge in [-0.3, -0.25) is 13.7 Å². The number of imidazole rings is 1. The lowest BCUT2D eigenvalue weighted by atomic mass is 9.88. The summed E-state index contributed by atoms with van der Waals surface area (Å²) < 4.78 is 108. The molecular weight excluding hydrogens is 871 g/mol. The Bertz CT molecular complexity index is 4480. The number of para-hydroxylation sites is 8. The second-order valence-electron chi connectivity index (χ2n) is 18.3. The van der Waals surface area contributed by atoms with E-state index < -0.39 is 60.4 Å². The molecule has 0 unspecified atom stereocenters. The highest BCUT2D eigenvalue weighted by molar-refractivity contribution is 6.11. The van der Waals surface area contributed by atoms with Crippen molar-refractivity contribution in [2.45, 2.75) is 26.2 Å². The van der Waals surface area contributed by atoms with Crippen LogP contribution in [0.2, 0.25) is 0 Å². The van der Waals surface area contributed by atoms with Crippen molar-refractivity contribution in [1.82, 2.24) is 14.1 Å². The van der Waals surface area contributed by atoms with Crippen molar-refractivity contribution in [3.8, 4) is 62.4 Å². The third kappa shape index (κ3) is 7.21. The lowest BCUT2D eigenvalue weighted by Gasteiger charge is -2.28. The summed E-state index contributed by atoms with van der Waals surface area (Å²) in [7, 11) is 0. The van der Waals surface area contributed by atoms with Crippen LogP contribution in [0.3, 0.4) is 0 Å². The van der Waals surface area contributed by atoms with Gasteiger partial charge in [-0.1, -0.05) is 172 Å². The molecule has 7 heteroatoms. The van der Waals surface area contributed by atoms with Gasteiger partial charge in [-0.15, -0.1) is 0 Å². The zero-order valence-corrected chi connectivity index (χ0v) is 38.7. The van der Waals surface area contributed by atoms with Gasteiger partial charge in [-0.25, -0.2) is 4.98 Å². The average molecular weight is 928 g/mol. The van der Waals surface area contributed by atoms with Gasteiger partial charge in [0.15, 0.2) is 23.0 Å². The summed E-state index contributed by atoms with van der Waals surface area (Å²) in [5, 5.41) is 1.95. The summed E-state index contributed by atoms with van der Waals surface area (Å²) in [6.45, 7) is 6.55. The summed E-state index contributed by atoms with van der Waals surface area (Å²) in [4.78, 5) is 7.08. The summed E-state index contributed by atoms with van der Waals surface area (Å²) >= 11 is 0. The molecule has 0 bridgehead atoms. The standard InChI is InChI=1S/C64H47N5O2/c1-64(2,3)45-36-37-65-62(38-45)69-52-29-11-10-26-50(52)51-40-61-57(41-56(51)69)68(55-32-14-15-33-58(55)70-59-34-16-17-35-60(59)71-61)47-25-18-24-46(39-47)66-42-67(54-31-13-12-30-53(54)66)63-48(43-20-6-4-7-21-43)27-19-28-49(63)44-22-8-5-9-23-44/h4-41H,1-3H3/i4D,5D,6D,7D,8D,9D,20D,21D,22D,23D. The molecule has 0 saturated carbocycles. The van der Waals surface area contributed by atoms with E-state index in [0.29, 0.717) is 56.8 Å². The van der Waals surface area contributed by atoms with Crippen LogP contribution >= 0.6 is 0 Å². The smallest absolute Gasteiger partial charge is 0.269 e. The Balaban J connectivity index is 1.08. The molecule has 1 aliphatic rings. The van der Waals surface area contributed by atoms with Crippen molar-refractivity contribution in [3.63, 3.8) is 0 Å². The van der Waals surface area contributed by atoms with E-state index in [0.717, 1.165) is 33.2 Å². The van der Waals surface area contributed by atoms with Crippen LogP contribution in [0.1, 0.15) is 40.0 Å². The first-order valence-corrected chi connectivity index (χ1v) is 23.2. The highest BCUT2D eigenvalue weighted by Gasteiger charge is 2.28. The fourth-order valence-electron chi connectivity index (χ4n) is 9.63. The number of nitrogens with zero attached hydrogens (tertiary/aromatic N) is 5. The first-order valence-electron chi connectivity index (χ1n) is 28.2. The Labute approximate surface area is 426 Å². The predicted octanol–water partition coefficient (Wildman–Crippen LogP) is 16.2. The molecule has 13 rings (SSSR count). The van der Waals surface area contributed by atoms with E-state index in [9.17, 15) is 5.48 Å². The SMILES string of the molecule is [2H]c1c([2H])c([2H])c(-c2cccc(-c3c([2H])c([2H])c([2H])c([2H])c3[2H])c2-[n+]2[c-]n(-c3cccc(N4c5ccccc5Oc5ccccc5Oc5cc6c7ccccc7n(-c7cc(C(C)(C)C)ccn7)c6cc54)c3)c3ccccc32)c([2H])c1[2H]. The van der Waals surface area contributed by atoms with E-state index in [1.807, 2.05) is 120 Å². The van der Waals surface area contributed by atoms with E-state index >= 15 is 0 Å². The van der Waals surface area contributed by atoms with Crippen molar-refractivity contribution in [1.29, 1.82) is 0 Å². The van der Waals surface area contributed by atoms with Gasteiger partial charge < -0.3 is 14.4 Å². The number of rotatable bonds is 6. The number of benzene rings is 9. The molecule has 0 radical (unpaired) electrons. The quantitative estimate of drug-likeness (QED) is 0.123. The largest absolute Gasteiger partial charge is 0.451 e. The van der Waals surface area contributed by atoms with Crippen molar-refractivity contribution in [2.75, 3.05) is 4.90 Å². The van der Waals surface area contributed by atoms with Gasteiger partial charge in [0.2, 0.25) is 0 Å². The second-order valence-corrected chi connectivity index (χ2v) is 18.3. The van der Waals surface area contributed by atoms with E-state index in [1.54, 1.807) is 22.8 Å². The number of aromatic nitrogens is 4. The second kappa shape index (κ2) is 16.8. The molecule has 0 atom stereocenters. The molecule has 0 fully saturated rings. The summed E-state index contributed by atoms with van der Waals surface area (Å²) in [6.07, 6.45) is 5.40. The molecule has 9 aromatic carbocycles. The minimum absolute atomic E-state index is 0.143. The maximum Gasteiger partial charge on any atom is 0.269 e. The molecule has 0 N–H and O–H groups in total. The van der Waals surface area contributed by atoms with Gasteiger partial charge in [0.25, 0.3) is 6.33 Å². The Morgan fingerprint density at radius 1 is 0.521 bits per heavy atom. The van der Waals surface area contributed by atoms with Crippen molar-refractivity contribution < 1.29 is 27.7 Å². The van der Waals surface area contributed by atoms with E-state index in [-0.39, 0.29) is 33.4 Å². The molecule has 0 aliphatic carbocycles. The van der Waals surface area contributed by atoms with Gasteiger partial charge in [0.1, 0.15) is 5.82 Å². The minimum atomic E-state index is -0.578. The van der Waals surface area contributed by atoms with Crippen LogP contribution in [0.4, 0.5) is 17.1 Å². The van der Waals surface area contributed by atoms with Gasteiger partial charge in [0, 0.05) is 22.7 Å². The Morgan fingerprint density at radius 3 is 1.87 bits per heavy atom. The third-order valence-electron chi connectivity index (χ3n) is 12.9. The number of hydrogen-bond acceptors (Lipinski definition) is 4. The maximum atomic E-state index is 9.17. The van der Waals surface area contributed by atoms with Gasteiger partial charge in [0.05, 0.1) is 58.5 Å². The topological polar surface area (TPSA) is 48.3 Å². The fraction of sp³-hybridized carbons (Fsp3) is 0.0625. The molecule has 4 heterocycles. The van der Waals surface area contributed by atoms with E-state index in [1.165, 1.54) is 0 Å². The lowest BCUT2D eigenvalue weighted by molar-refractivity contribution is -0.571. The van der Waals surface area contributed by atoms with E-state index in [2.05, 4.69) is 73.0 Å². The lowest BCUT2D eigenvalue weighted by Crippen LogP contribution is -2.31. The maximum absolute atomic E-state index is 9.17. The zero-order chi connectivity index (χ0) is 56.3. The number of anilines is 3. The average Bonchev–Trinajstić information content (AvgIpc) is 4.24. The number of hydrogen-bond donors (Lipinski definition) is 0. The molecule has 3 aromatic heterocycles. The Kier molecular flexibility index (Phi) is 7.69. The summed E-state index contributed by atoms with van der Waals surface area (Å²) in [5.74, 6) is 2.87. The molecule has 7 nitrogen and oxygen atoms in total. The van der Waals surface area contributed by atoms with Gasteiger partial charge >= 0.3 is 0 Å². The van der Waals surface area contributed by atoms with Crippen molar-refractivity contribution in [3.05, 3.63) is 242 Å². The van der Waals surface area contributed by atoms with E-state index in [4.69, 9.17) is 22.7 Å². The van der Waals surface area contributed by atoms with Crippen LogP contribution in [0.25, 0.3) is 72.3 Å². The molecule has 71 heavy (non-hydrogen) atoms. The monoisotopic (exact) mass is 927 g/mol. The van der Waals surface area contributed by atoms with Crippen LogP contribution in [-0.4, -0.2) is 14.1 Å². The number of pyridine rings is 1. The normalized spacial score (nSPS) is 14.3. The third-order valence-corrected chi connectivity index (χ3v) is 12.9. The summed E-state index contributed by atoms with van der Waals surface area (Å²) in [5.41, 5.74) is 6.81. The molecule has 340 valence electrons. The Hall–Kier alpha value is -9.20. The minimum Gasteiger partial charge on any atom is -0.451 e. The molecule has 0 spiro atoms. The first kappa shape index (κ1) is 32.5. The molecule has 1 aliphatic heterocycles. The Morgan fingerprint density at radius 2 is 1.14 bits per heavy atom. The highest BCUT2D eigenvalue weighted by Crippen LogP contribution is 2.52. The van der Waals surface area contributed by atoms with Crippen LogP contribution in [0, 0.1) is 6.33 Å². The summed E-state index contributed by atoms with van der Waals surface area (Å²) in [6, 6.07) is 46.8. The van der Waals surface area contributed by atoms with Crippen LogP contribution in [0.5, 0.6) is 23.0 Å². The molecular formula is C64H47N5O2. The fourth-order valence-corrected chi connectivity index (χ4v) is 9.63. The van der Waals surface area contributed by atoms with Crippen molar-refractivity contribution in [2.24, 2.45) is 0 Å². The molecule has 0 amide bonds. The predicted molar refractivity (Wildman–Crippen MR) is 287 cm³/mol. The molecule has 0 saturated heterocycles. The van der Waals surface area contributed by atoms with Gasteiger partial charge in [-0.2, -0.15) is 0 Å². The highest BCUT2D eigenvalue weighted by atomic mass is 16.5. The van der Waals surface area contributed by atoms with Crippen LogP contribution < -0.4 is 18.9 Å². The first-order chi connectivity index (χ1) is 39.0. The van der Waals surface area contributed by atoms with Crippen LogP contribution in [-0.2, 0) is 5.41 Å². The number of ether oxygens (including phenoxy) is 2.